The highest BCUT2D eigenvalue weighted by Gasteiger charge is 2.32. The minimum absolute atomic E-state index is 0.371. The molecule has 0 aliphatic carbocycles. The smallest absolute Gasteiger partial charge is 0.148 e. The summed E-state index contributed by atoms with van der Waals surface area (Å²) in [5, 5.41) is 0. The Kier molecular flexibility index (Phi) is 1.47. The molecule has 0 saturated carbocycles. The van der Waals surface area contributed by atoms with Crippen LogP contribution in [-0.4, -0.2) is 43.0 Å². The fourth-order valence-corrected chi connectivity index (χ4v) is 1.64. The molecule has 0 radical (unpaired) electrons. The standard InChI is InChI=1S/C7H11NO2/c9-7-3-6-5-10-2-1-8(6)4-7/h6H,1-5H2. The van der Waals surface area contributed by atoms with Gasteiger partial charge in [-0.15, -0.1) is 0 Å². The van der Waals surface area contributed by atoms with Crippen LogP contribution in [0.25, 0.3) is 0 Å². The molecule has 0 aromatic heterocycles. The summed E-state index contributed by atoms with van der Waals surface area (Å²) in [6.07, 6.45) is 0.708. The highest BCUT2D eigenvalue weighted by atomic mass is 16.5. The normalized spacial score (nSPS) is 34.4. The number of hydrogen-bond donors (Lipinski definition) is 0. The molecular weight excluding hydrogens is 130 g/mol. The lowest BCUT2D eigenvalue weighted by Gasteiger charge is -2.27. The van der Waals surface area contributed by atoms with Crippen LogP contribution >= 0.6 is 0 Å². The van der Waals surface area contributed by atoms with Crippen molar-refractivity contribution >= 4 is 5.78 Å². The van der Waals surface area contributed by atoms with E-state index in [-0.39, 0.29) is 0 Å². The van der Waals surface area contributed by atoms with Gasteiger partial charge in [-0.2, -0.15) is 0 Å². The maximum Gasteiger partial charge on any atom is 0.148 e. The molecule has 3 heteroatoms. The molecule has 2 aliphatic rings. The van der Waals surface area contributed by atoms with E-state index in [1.54, 1.807) is 0 Å². The first kappa shape index (κ1) is 6.31. The minimum Gasteiger partial charge on any atom is -0.378 e. The van der Waals surface area contributed by atoms with Crippen LogP contribution in [0.3, 0.4) is 0 Å². The van der Waals surface area contributed by atoms with Gasteiger partial charge in [0, 0.05) is 19.0 Å². The van der Waals surface area contributed by atoms with Crippen molar-refractivity contribution in [3.8, 4) is 0 Å². The van der Waals surface area contributed by atoms with Crippen LogP contribution in [0.5, 0.6) is 0 Å². The molecule has 2 heterocycles. The molecule has 1 unspecified atom stereocenters. The molecule has 2 saturated heterocycles. The van der Waals surface area contributed by atoms with Crippen LogP contribution in [0, 0.1) is 0 Å². The Balaban J connectivity index is 2.04. The number of carbonyl (C=O) groups is 1. The molecule has 2 fully saturated rings. The van der Waals surface area contributed by atoms with E-state index < -0.39 is 0 Å². The molecular formula is C7H11NO2. The molecule has 0 aromatic rings. The lowest BCUT2D eigenvalue weighted by atomic mass is 10.2. The van der Waals surface area contributed by atoms with Crippen LogP contribution in [0.4, 0.5) is 0 Å². The molecule has 0 N–H and O–H groups in total. The maximum absolute atomic E-state index is 10.9. The summed E-state index contributed by atoms with van der Waals surface area (Å²) in [6, 6.07) is 0.404. The van der Waals surface area contributed by atoms with Crippen LogP contribution in [0.2, 0.25) is 0 Å². The molecule has 0 aromatic carbocycles. The van der Waals surface area contributed by atoms with Gasteiger partial charge in [0.25, 0.3) is 0 Å². The van der Waals surface area contributed by atoms with Gasteiger partial charge >= 0.3 is 0 Å². The zero-order valence-electron chi connectivity index (χ0n) is 5.88. The molecule has 0 spiro atoms. The second kappa shape index (κ2) is 2.32. The first-order valence-electron chi connectivity index (χ1n) is 3.70. The van der Waals surface area contributed by atoms with Crippen molar-refractivity contribution in [1.82, 2.24) is 4.90 Å². The molecule has 0 amide bonds. The fourth-order valence-electron chi connectivity index (χ4n) is 1.64. The van der Waals surface area contributed by atoms with Crippen molar-refractivity contribution in [2.24, 2.45) is 0 Å². The molecule has 1 atom stereocenters. The molecule has 2 aliphatic heterocycles. The van der Waals surface area contributed by atoms with Gasteiger partial charge in [0.2, 0.25) is 0 Å². The monoisotopic (exact) mass is 141 g/mol. The van der Waals surface area contributed by atoms with Gasteiger partial charge < -0.3 is 4.74 Å². The van der Waals surface area contributed by atoms with Crippen LogP contribution in [-0.2, 0) is 9.53 Å². The Morgan fingerprint density at radius 1 is 1.60 bits per heavy atom. The molecule has 10 heavy (non-hydrogen) atoms. The zero-order chi connectivity index (χ0) is 6.97. The van der Waals surface area contributed by atoms with E-state index in [9.17, 15) is 4.79 Å². The van der Waals surface area contributed by atoms with E-state index in [2.05, 4.69) is 4.90 Å². The molecule has 56 valence electrons. The largest absolute Gasteiger partial charge is 0.378 e. The van der Waals surface area contributed by atoms with Crippen molar-refractivity contribution < 1.29 is 9.53 Å². The average Bonchev–Trinajstić information content (AvgIpc) is 2.27. The van der Waals surface area contributed by atoms with Gasteiger partial charge in [0.1, 0.15) is 5.78 Å². The second-order valence-corrected chi connectivity index (χ2v) is 2.94. The number of ketones is 1. The van der Waals surface area contributed by atoms with Crippen molar-refractivity contribution in [1.29, 1.82) is 0 Å². The van der Waals surface area contributed by atoms with E-state index in [0.717, 1.165) is 19.8 Å². The summed E-state index contributed by atoms with van der Waals surface area (Å²) in [5.41, 5.74) is 0. The summed E-state index contributed by atoms with van der Waals surface area (Å²) < 4.78 is 5.24. The van der Waals surface area contributed by atoms with E-state index in [4.69, 9.17) is 4.74 Å². The number of Topliss-reactive ketones (excluding diaryl/α,β-unsaturated/α-hetero) is 1. The Labute approximate surface area is 60.0 Å². The third-order valence-electron chi connectivity index (χ3n) is 2.19. The van der Waals surface area contributed by atoms with Crippen molar-refractivity contribution in [2.45, 2.75) is 12.5 Å². The third-order valence-corrected chi connectivity index (χ3v) is 2.19. The summed E-state index contributed by atoms with van der Waals surface area (Å²) >= 11 is 0. The number of hydrogen-bond acceptors (Lipinski definition) is 3. The highest BCUT2D eigenvalue weighted by Crippen LogP contribution is 2.16. The number of carbonyl (C=O) groups excluding carboxylic acids is 1. The fraction of sp³-hybridized carbons (Fsp3) is 0.857. The minimum atomic E-state index is 0.371. The average molecular weight is 141 g/mol. The van der Waals surface area contributed by atoms with Gasteiger partial charge in [0.15, 0.2) is 0 Å². The van der Waals surface area contributed by atoms with Gasteiger partial charge in [0.05, 0.1) is 19.8 Å². The quantitative estimate of drug-likeness (QED) is 0.462. The summed E-state index contributed by atoms with van der Waals surface area (Å²) in [6.45, 7) is 3.15. The van der Waals surface area contributed by atoms with Crippen molar-refractivity contribution in [2.75, 3.05) is 26.3 Å². The van der Waals surface area contributed by atoms with Gasteiger partial charge in [-0.25, -0.2) is 0 Å². The SMILES string of the molecule is O=C1CC2COCCN2C1. The van der Waals surface area contributed by atoms with Crippen molar-refractivity contribution in [3.63, 3.8) is 0 Å². The lowest BCUT2D eigenvalue weighted by Crippen LogP contribution is -2.40. The number of nitrogens with zero attached hydrogens (tertiary/aromatic N) is 1. The molecule has 2 rings (SSSR count). The number of ether oxygens (including phenoxy) is 1. The van der Waals surface area contributed by atoms with Crippen LogP contribution < -0.4 is 0 Å². The van der Waals surface area contributed by atoms with E-state index >= 15 is 0 Å². The topological polar surface area (TPSA) is 29.5 Å². The Morgan fingerprint density at radius 3 is 3.30 bits per heavy atom. The lowest BCUT2D eigenvalue weighted by molar-refractivity contribution is -0.116. The maximum atomic E-state index is 10.9. The van der Waals surface area contributed by atoms with Gasteiger partial charge in [-0.3, -0.25) is 9.69 Å². The van der Waals surface area contributed by atoms with Gasteiger partial charge in [-0.1, -0.05) is 0 Å². The first-order valence-corrected chi connectivity index (χ1v) is 3.70. The number of fused-ring (bicyclic) bond motifs is 1. The van der Waals surface area contributed by atoms with Crippen molar-refractivity contribution in [3.05, 3.63) is 0 Å². The number of rotatable bonds is 0. The summed E-state index contributed by atoms with van der Waals surface area (Å²) in [5.74, 6) is 0.371. The second-order valence-electron chi connectivity index (χ2n) is 2.94. The number of morpholine rings is 1. The molecule has 3 nitrogen and oxygen atoms in total. The third kappa shape index (κ3) is 0.954. The highest BCUT2D eigenvalue weighted by molar-refractivity contribution is 5.83. The van der Waals surface area contributed by atoms with Crippen LogP contribution in [0.15, 0.2) is 0 Å². The molecule has 0 bridgehead atoms. The Hall–Kier alpha value is -0.410. The summed E-state index contributed by atoms with van der Waals surface area (Å²) in [4.78, 5) is 13.1. The van der Waals surface area contributed by atoms with E-state index in [1.807, 2.05) is 0 Å². The zero-order valence-corrected chi connectivity index (χ0v) is 5.88. The van der Waals surface area contributed by atoms with Crippen LogP contribution in [0.1, 0.15) is 6.42 Å². The Morgan fingerprint density at radius 2 is 2.50 bits per heavy atom. The van der Waals surface area contributed by atoms with E-state index in [0.29, 0.717) is 24.8 Å². The predicted octanol–water partition coefficient (Wildman–Crippen LogP) is -0.340. The van der Waals surface area contributed by atoms with E-state index in [1.165, 1.54) is 0 Å². The first-order chi connectivity index (χ1) is 4.86. The summed E-state index contributed by atoms with van der Waals surface area (Å²) in [7, 11) is 0. The van der Waals surface area contributed by atoms with Gasteiger partial charge in [-0.05, 0) is 0 Å². The predicted molar refractivity (Wildman–Crippen MR) is 35.8 cm³/mol. The Bertz CT molecular complexity index is 142.